The number of anilines is 1. The van der Waals surface area contributed by atoms with E-state index in [0.29, 0.717) is 0 Å². The zero-order valence-electron chi connectivity index (χ0n) is 12.4. The first-order valence-corrected chi connectivity index (χ1v) is 7.34. The van der Waals surface area contributed by atoms with Gasteiger partial charge in [-0.05, 0) is 31.9 Å². The smallest absolute Gasteiger partial charge is 0.287 e. The van der Waals surface area contributed by atoms with Crippen LogP contribution >= 0.6 is 23.2 Å². The van der Waals surface area contributed by atoms with Gasteiger partial charge >= 0.3 is 0 Å². The summed E-state index contributed by atoms with van der Waals surface area (Å²) >= 11 is 11.5. The summed E-state index contributed by atoms with van der Waals surface area (Å²) in [5.41, 5.74) is 3.18. The van der Waals surface area contributed by atoms with Crippen molar-refractivity contribution in [3.8, 4) is 0 Å². The lowest BCUT2D eigenvalue weighted by Crippen LogP contribution is -2.30. The van der Waals surface area contributed by atoms with Crippen molar-refractivity contribution in [2.24, 2.45) is 0 Å². The van der Waals surface area contributed by atoms with Gasteiger partial charge in [0.25, 0.3) is 5.56 Å². The highest BCUT2D eigenvalue weighted by molar-refractivity contribution is 6.41. The summed E-state index contributed by atoms with van der Waals surface area (Å²) in [6, 6.07) is 3.96. The molecule has 1 amide bonds. The van der Waals surface area contributed by atoms with E-state index in [1.54, 1.807) is 0 Å². The highest BCUT2D eigenvalue weighted by Gasteiger charge is 2.13. The van der Waals surface area contributed by atoms with Crippen LogP contribution in [0.4, 0.5) is 5.69 Å². The van der Waals surface area contributed by atoms with Crippen LogP contribution in [0.1, 0.15) is 16.7 Å². The molecular formula is C15H15Cl2N3O2. The summed E-state index contributed by atoms with van der Waals surface area (Å²) in [6.45, 7) is 5.59. The number of aryl methyl sites for hydroxylation is 3. The summed E-state index contributed by atoms with van der Waals surface area (Å²) in [5, 5.41) is 6.52. The summed E-state index contributed by atoms with van der Waals surface area (Å²) in [5.74, 6) is -0.358. The number of nitrogens with zero attached hydrogens (tertiary/aromatic N) is 2. The van der Waals surface area contributed by atoms with E-state index in [1.807, 2.05) is 32.9 Å². The SMILES string of the molecule is Cc1cc(C)c(NC(=O)Cn2ncc(Cl)c(Cl)c2=O)c(C)c1. The lowest BCUT2D eigenvalue weighted by Gasteiger charge is -2.13. The maximum absolute atomic E-state index is 12.1. The second-order valence-corrected chi connectivity index (χ2v) is 5.88. The number of halogens is 2. The Morgan fingerprint density at radius 3 is 2.41 bits per heavy atom. The third-order valence-electron chi connectivity index (χ3n) is 3.18. The van der Waals surface area contributed by atoms with Gasteiger partial charge < -0.3 is 5.32 Å². The molecule has 0 saturated heterocycles. The minimum Gasteiger partial charge on any atom is -0.324 e. The Kier molecular flexibility index (Phi) is 4.88. The molecule has 2 aromatic rings. The quantitative estimate of drug-likeness (QED) is 0.934. The van der Waals surface area contributed by atoms with E-state index in [0.717, 1.165) is 27.1 Å². The Hall–Kier alpha value is -1.85. The summed E-state index contributed by atoms with van der Waals surface area (Å²) in [7, 11) is 0. The van der Waals surface area contributed by atoms with E-state index in [1.165, 1.54) is 6.20 Å². The molecule has 0 aliphatic rings. The maximum Gasteiger partial charge on any atom is 0.287 e. The number of carbonyl (C=O) groups excluding carboxylic acids is 1. The molecule has 0 bridgehead atoms. The Morgan fingerprint density at radius 1 is 1.23 bits per heavy atom. The average molecular weight is 340 g/mol. The molecule has 5 nitrogen and oxygen atoms in total. The van der Waals surface area contributed by atoms with Gasteiger partial charge in [0.15, 0.2) is 0 Å². The summed E-state index contributed by atoms with van der Waals surface area (Å²) < 4.78 is 0.975. The minimum absolute atomic E-state index is 0.0635. The third-order valence-corrected chi connectivity index (χ3v) is 3.93. The first kappa shape index (κ1) is 16.5. The van der Waals surface area contributed by atoms with E-state index in [9.17, 15) is 9.59 Å². The van der Waals surface area contributed by atoms with Crippen molar-refractivity contribution in [3.05, 3.63) is 55.4 Å². The molecule has 0 fully saturated rings. The Balaban J connectivity index is 2.22. The molecule has 1 N–H and O–H groups in total. The summed E-state index contributed by atoms with van der Waals surface area (Å²) in [4.78, 5) is 24.0. The molecule has 1 aromatic carbocycles. The van der Waals surface area contributed by atoms with Gasteiger partial charge in [-0.2, -0.15) is 5.10 Å². The Labute approximate surface area is 137 Å². The summed E-state index contributed by atoms with van der Waals surface area (Å²) in [6.07, 6.45) is 1.24. The van der Waals surface area contributed by atoms with Gasteiger partial charge in [0, 0.05) is 5.69 Å². The van der Waals surface area contributed by atoms with Crippen LogP contribution in [-0.4, -0.2) is 15.7 Å². The van der Waals surface area contributed by atoms with Gasteiger partial charge in [-0.15, -0.1) is 0 Å². The van der Waals surface area contributed by atoms with E-state index in [2.05, 4.69) is 10.4 Å². The molecule has 0 saturated carbocycles. The molecule has 116 valence electrons. The van der Waals surface area contributed by atoms with Gasteiger partial charge in [-0.25, -0.2) is 4.68 Å². The molecule has 7 heteroatoms. The van der Waals surface area contributed by atoms with E-state index >= 15 is 0 Å². The van der Waals surface area contributed by atoms with Crippen LogP contribution in [0.25, 0.3) is 0 Å². The third kappa shape index (κ3) is 3.48. The molecular weight excluding hydrogens is 325 g/mol. The lowest BCUT2D eigenvalue weighted by molar-refractivity contribution is -0.117. The van der Waals surface area contributed by atoms with Crippen LogP contribution in [-0.2, 0) is 11.3 Å². The van der Waals surface area contributed by atoms with E-state index < -0.39 is 5.56 Å². The number of carbonyl (C=O) groups is 1. The van der Waals surface area contributed by atoms with Crippen LogP contribution in [0.3, 0.4) is 0 Å². The number of amides is 1. The number of hydrogen-bond donors (Lipinski definition) is 1. The Bertz CT molecular complexity index is 777. The van der Waals surface area contributed by atoms with Crippen LogP contribution in [0.5, 0.6) is 0 Å². The van der Waals surface area contributed by atoms with Gasteiger partial charge in [-0.3, -0.25) is 9.59 Å². The molecule has 1 heterocycles. The normalized spacial score (nSPS) is 10.6. The molecule has 0 atom stereocenters. The topological polar surface area (TPSA) is 64.0 Å². The van der Waals surface area contributed by atoms with Crippen molar-refractivity contribution in [1.29, 1.82) is 0 Å². The second kappa shape index (κ2) is 6.50. The number of nitrogens with one attached hydrogen (secondary N) is 1. The molecule has 0 aliphatic heterocycles. The maximum atomic E-state index is 12.1. The van der Waals surface area contributed by atoms with Crippen molar-refractivity contribution >= 4 is 34.8 Å². The minimum atomic E-state index is -0.596. The van der Waals surface area contributed by atoms with Gasteiger partial charge in [0.1, 0.15) is 11.6 Å². The van der Waals surface area contributed by atoms with Gasteiger partial charge in [-0.1, -0.05) is 40.9 Å². The van der Waals surface area contributed by atoms with Crippen molar-refractivity contribution in [2.45, 2.75) is 27.3 Å². The van der Waals surface area contributed by atoms with Crippen molar-refractivity contribution < 1.29 is 4.79 Å². The highest BCUT2D eigenvalue weighted by atomic mass is 35.5. The molecule has 0 radical (unpaired) electrons. The van der Waals surface area contributed by atoms with Gasteiger partial charge in [0.2, 0.25) is 5.91 Å². The predicted octanol–water partition coefficient (Wildman–Crippen LogP) is 3.11. The Morgan fingerprint density at radius 2 is 1.82 bits per heavy atom. The zero-order chi connectivity index (χ0) is 16.4. The van der Waals surface area contributed by atoms with E-state index in [-0.39, 0.29) is 22.5 Å². The predicted molar refractivity (Wildman–Crippen MR) is 87.8 cm³/mol. The standard InChI is InChI=1S/C15H15Cl2N3O2/c1-8-4-9(2)14(10(3)5-8)19-12(21)7-20-15(22)13(17)11(16)6-18-20/h4-6H,7H2,1-3H3,(H,19,21). The van der Waals surface area contributed by atoms with Crippen molar-refractivity contribution in [3.63, 3.8) is 0 Å². The highest BCUT2D eigenvalue weighted by Crippen LogP contribution is 2.22. The monoisotopic (exact) mass is 339 g/mol. The van der Waals surface area contributed by atoms with Gasteiger partial charge in [0.05, 0.1) is 11.2 Å². The number of rotatable bonds is 3. The van der Waals surface area contributed by atoms with E-state index in [4.69, 9.17) is 23.2 Å². The lowest BCUT2D eigenvalue weighted by atomic mass is 10.1. The fourth-order valence-electron chi connectivity index (χ4n) is 2.25. The zero-order valence-corrected chi connectivity index (χ0v) is 13.9. The van der Waals surface area contributed by atoms with Crippen molar-refractivity contribution in [2.75, 3.05) is 5.32 Å². The molecule has 22 heavy (non-hydrogen) atoms. The molecule has 2 rings (SSSR count). The fourth-order valence-corrected chi connectivity index (χ4v) is 2.52. The van der Waals surface area contributed by atoms with Crippen LogP contribution < -0.4 is 10.9 Å². The van der Waals surface area contributed by atoms with Crippen LogP contribution in [0, 0.1) is 20.8 Å². The molecule has 0 aliphatic carbocycles. The number of aromatic nitrogens is 2. The molecule has 0 unspecified atom stereocenters. The average Bonchev–Trinajstić information content (AvgIpc) is 2.43. The van der Waals surface area contributed by atoms with Crippen molar-refractivity contribution in [1.82, 2.24) is 9.78 Å². The van der Waals surface area contributed by atoms with Crippen LogP contribution in [0.2, 0.25) is 10.0 Å². The molecule has 0 spiro atoms. The molecule has 1 aromatic heterocycles. The van der Waals surface area contributed by atoms with Crippen LogP contribution in [0.15, 0.2) is 23.1 Å². The number of benzene rings is 1. The number of hydrogen-bond acceptors (Lipinski definition) is 3. The largest absolute Gasteiger partial charge is 0.324 e. The first-order chi connectivity index (χ1) is 10.3. The fraction of sp³-hybridized carbons (Fsp3) is 0.267. The first-order valence-electron chi connectivity index (χ1n) is 6.58. The second-order valence-electron chi connectivity index (χ2n) is 5.09.